The first-order chi connectivity index (χ1) is 8.79. The molecule has 18 heavy (non-hydrogen) atoms. The van der Waals surface area contributed by atoms with Crippen LogP contribution in [0.4, 0.5) is 0 Å². The molecule has 0 aliphatic carbocycles. The number of nitrogens with one attached hydrogen (secondary N) is 1. The molecule has 1 aromatic heterocycles. The second-order valence-corrected chi connectivity index (χ2v) is 5.26. The SMILES string of the molecule is C=CCCCCCC(NCC)c1ncccc1Br. The molecule has 100 valence electrons. The summed E-state index contributed by atoms with van der Waals surface area (Å²) in [7, 11) is 0. The van der Waals surface area contributed by atoms with E-state index in [9.17, 15) is 0 Å². The van der Waals surface area contributed by atoms with E-state index in [-0.39, 0.29) is 0 Å². The number of hydrogen-bond acceptors (Lipinski definition) is 2. The van der Waals surface area contributed by atoms with Gasteiger partial charge in [0, 0.05) is 10.7 Å². The van der Waals surface area contributed by atoms with Crippen LogP contribution in [0.2, 0.25) is 0 Å². The van der Waals surface area contributed by atoms with Crippen LogP contribution in [0.3, 0.4) is 0 Å². The number of nitrogens with zero attached hydrogens (tertiary/aromatic N) is 1. The Kier molecular flexibility index (Phi) is 7.94. The van der Waals surface area contributed by atoms with Crippen molar-refractivity contribution in [3.63, 3.8) is 0 Å². The van der Waals surface area contributed by atoms with Crippen molar-refractivity contribution in [1.82, 2.24) is 10.3 Å². The minimum Gasteiger partial charge on any atom is -0.309 e. The molecule has 0 fully saturated rings. The first-order valence-corrected chi connectivity index (χ1v) is 7.53. The van der Waals surface area contributed by atoms with Crippen molar-refractivity contribution in [1.29, 1.82) is 0 Å². The molecule has 0 saturated carbocycles. The summed E-state index contributed by atoms with van der Waals surface area (Å²) in [6.45, 7) is 6.87. The third-order valence-corrected chi connectivity index (χ3v) is 3.64. The average Bonchev–Trinajstić information content (AvgIpc) is 2.38. The van der Waals surface area contributed by atoms with Crippen molar-refractivity contribution in [2.75, 3.05) is 6.54 Å². The molecule has 0 spiro atoms. The summed E-state index contributed by atoms with van der Waals surface area (Å²) in [5.74, 6) is 0. The topological polar surface area (TPSA) is 24.9 Å². The normalized spacial score (nSPS) is 12.3. The van der Waals surface area contributed by atoms with Crippen LogP contribution in [0.25, 0.3) is 0 Å². The van der Waals surface area contributed by atoms with Gasteiger partial charge >= 0.3 is 0 Å². The molecular formula is C15H23BrN2. The molecule has 0 aliphatic rings. The number of unbranched alkanes of at least 4 members (excludes halogenated alkanes) is 3. The predicted octanol–water partition coefficient (Wildman–Crippen LogP) is 4.63. The Balaban J connectivity index is 2.49. The van der Waals surface area contributed by atoms with Gasteiger partial charge < -0.3 is 5.32 Å². The van der Waals surface area contributed by atoms with Gasteiger partial charge in [0.05, 0.1) is 11.7 Å². The number of halogens is 1. The van der Waals surface area contributed by atoms with Crippen LogP contribution in [0, 0.1) is 0 Å². The summed E-state index contributed by atoms with van der Waals surface area (Å²) < 4.78 is 1.10. The van der Waals surface area contributed by atoms with Crippen LogP contribution in [-0.4, -0.2) is 11.5 Å². The van der Waals surface area contributed by atoms with Gasteiger partial charge in [0.2, 0.25) is 0 Å². The molecular weight excluding hydrogens is 288 g/mol. The monoisotopic (exact) mass is 310 g/mol. The van der Waals surface area contributed by atoms with Crippen molar-refractivity contribution in [3.8, 4) is 0 Å². The van der Waals surface area contributed by atoms with Gasteiger partial charge in [-0.2, -0.15) is 0 Å². The van der Waals surface area contributed by atoms with Gasteiger partial charge in [0.1, 0.15) is 0 Å². The van der Waals surface area contributed by atoms with Gasteiger partial charge in [-0.1, -0.05) is 25.8 Å². The highest BCUT2D eigenvalue weighted by Gasteiger charge is 2.13. The molecule has 1 unspecified atom stereocenters. The van der Waals surface area contributed by atoms with Crippen molar-refractivity contribution >= 4 is 15.9 Å². The fourth-order valence-corrected chi connectivity index (χ4v) is 2.58. The van der Waals surface area contributed by atoms with Gasteiger partial charge in [-0.05, 0) is 53.9 Å². The van der Waals surface area contributed by atoms with Crippen molar-refractivity contribution < 1.29 is 0 Å². The second kappa shape index (κ2) is 9.29. The Morgan fingerprint density at radius 2 is 2.28 bits per heavy atom. The lowest BCUT2D eigenvalue weighted by Gasteiger charge is -2.18. The zero-order chi connectivity index (χ0) is 13.2. The second-order valence-electron chi connectivity index (χ2n) is 4.41. The molecule has 0 bridgehead atoms. The molecule has 1 atom stereocenters. The molecule has 0 aliphatic heterocycles. The van der Waals surface area contributed by atoms with E-state index in [0.29, 0.717) is 6.04 Å². The zero-order valence-corrected chi connectivity index (χ0v) is 12.7. The largest absolute Gasteiger partial charge is 0.309 e. The van der Waals surface area contributed by atoms with Gasteiger partial charge in [0.25, 0.3) is 0 Å². The van der Waals surface area contributed by atoms with E-state index < -0.39 is 0 Å². The number of pyridine rings is 1. The molecule has 1 aromatic rings. The van der Waals surface area contributed by atoms with E-state index in [2.05, 4.69) is 45.8 Å². The Hall–Kier alpha value is -0.670. The molecule has 1 rings (SSSR count). The highest BCUT2D eigenvalue weighted by molar-refractivity contribution is 9.10. The molecule has 3 heteroatoms. The summed E-state index contributed by atoms with van der Waals surface area (Å²) >= 11 is 3.58. The Morgan fingerprint density at radius 1 is 1.44 bits per heavy atom. The van der Waals surface area contributed by atoms with Crippen LogP contribution in [0.5, 0.6) is 0 Å². The van der Waals surface area contributed by atoms with Crippen molar-refractivity contribution in [2.24, 2.45) is 0 Å². The first-order valence-electron chi connectivity index (χ1n) is 6.74. The van der Waals surface area contributed by atoms with Crippen molar-refractivity contribution in [2.45, 2.75) is 45.1 Å². The molecule has 0 aromatic carbocycles. The van der Waals surface area contributed by atoms with E-state index >= 15 is 0 Å². The van der Waals surface area contributed by atoms with Crippen LogP contribution in [-0.2, 0) is 0 Å². The number of rotatable bonds is 9. The van der Waals surface area contributed by atoms with Crippen molar-refractivity contribution in [3.05, 3.63) is 41.2 Å². The zero-order valence-electron chi connectivity index (χ0n) is 11.2. The lowest BCUT2D eigenvalue weighted by Crippen LogP contribution is -2.22. The lowest BCUT2D eigenvalue weighted by molar-refractivity contribution is 0.473. The number of hydrogen-bond donors (Lipinski definition) is 1. The van der Waals surface area contributed by atoms with E-state index in [1.807, 2.05) is 18.3 Å². The molecule has 1 N–H and O–H groups in total. The van der Waals surface area contributed by atoms with E-state index in [4.69, 9.17) is 0 Å². The highest BCUT2D eigenvalue weighted by Crippen LogP contribution is 2.25. The van der Waals surface area contributed by atoms with E-state index in [0.717, 1.165) is 29.6 Å². The van der Waals surface area contributed by atoms with E-state index in [1.165, 1.54) is 19.3 Å². The maximum Gasteiger partial charge on any atom is 0.0714 e. The third-order valence-electron chi connectivity index (χ3n) is 2.97. The maximum atomic E-state index is 4.49. The fourth-order valence-electron chi connectivity index (χ4n) is 2.05. The van der Waals surface area contributed by atoms with Gasteiger partial charge in [-0.15, -0.1) is 6.58 Å². The minimum absolute atomic E-state index is 0.356. The summed E-state index contributed by atoms with van der Waals surface area (Å²) in [5.41, 5.74) is 1.13. The predicted molar refractivity (Wildman–Crippen MR) is 81.6 cm³/mol. The molecule has 1 heterocycles. The smallest absolute Gasteiger partial charge is 0.0714 e. The maximum absolute atomic E-state index is 4.49. The van der Waals surface area contributed by atoms with Crippen LogP contribution in [0.15, 0.2) is 35.5 Å². The Bertz CT molecular complexity index is 352. The summed E-state index contributed by atoms with van der Waals surface area (Å²) in [5, 5.41) is 3.52. The van der Waals surface area contributed by atoms with E-state index in [1.54, 1.807) is 0 Å². The van der Waals surface area contributed by atoms with Gasteiger partial charge in [0.15, 0.2) is 0 Å². The molecule has 0 radical (unpaired) electrons. The minimum atomic E-state index is 0.356. The van der Waals surface area contributed by atoms with Crippen LogP contribution < -0.4 is 5.32 Å². The lowest BCUT2D eigenvalue weighted by atomic mass is 10.0. The summed E-state index contributed by atoms with van der Waals surface area (Å²) in [4.78, 5) is 4.49. The molecule has 0 saturated heterocycles. The summed E-state index contributed by atoms with van der Waals surface area (Å²) in [6.07, 6.45) is 9.86. The first kappa shape index (κ1) is 15.4. The highest BCUT2D eigenvalue weighted by atomic mass is 79.9. The van der Waals surface area contributed by atoms with Crippen LogP contribution >= 0.6 is 15.9 Å². The number of allylic oxidation sites excluding steroid dienone is 1. The molecule has 0 amide bonds. The third kappa shape index (κ3) is 5.32. The quantitative estimate of drug-likeness (QED) is 0.531. The molecule has 2 nitrogen and oxygen atoms in total. The Morgan fingerprint density at radius 3 is 2.94 bits per heavy atom. The Labute approximate surface area is 119 Å². The van der Waals surface area contributed by atoms with Crippen LogP contribution in [0.1, 0.15) is 50.8 Å². The standard InChI is InChI=1S/C15H23BrN2/c1-3-5-6-7-8-11-14(17-4-2)15-13(16)10-9-12-18-15/h3,9-10,12,14,17H,1,4-8,11H2,2H3. The number of aromatic nitrogens is 1. The van der Waals surface area contributed by atoms with Gasteiger partial charge in [-0.25, -0.2) is 0 Å². The average molecular weight is 311 g/mol. The summed E-state index contributed by atoms with van der Waals surface area (Å²) in [6, 6.07) is 4.37. The fraction of sp³-hybridized carbons (Fsp3) is 0.533. The van der Waals surface area contributed by atoms with Gasteiger partial charge in [-0.3, -0.25) is 4.98 Å².